The van der Waals surface area contributed by atoms with Crippen molar-refractivity contribution in [3.05, 3.63) is 66.2 Å². The molecule has 1 aliphatic heterocycles. The molecule has 0 atom stereocenters. The number of anilines is 1. The lowest BCUT2D eigenvalue weighted by Gasteiger charge is -2.22. The Kier molecular flexibility index (Phi) is 6.62. The number of ether oxygens (including phenoxy) is 2. The minimum Gasteiger partial charge on any atom is -0.486 e. The third-order valence-corrected chi connectivity index (χ3v) is 6.28. The number of imidazole rings is 1. The van der Waals surface area contributed by atoms with Gasteiger partial charge in [-0.3, -0.25) is 9.69 Å². The molecule has 2 aromatic carbocycles. The van der Waals surface area contributed by atoms with Crippen molar-refractivity contribution in [1.82, 2.24) is 14.5 Å². The Morgan fingerprint density at radius 3 is 2.81 bits per heavy atom. The Labute approximate surface area is 196 Å². The van der Waals surface area contributed by atoms with Gasteiger partial charge < -0.3 is 14.0 Å². The maximum Gasteiger partial charge on any atom is 0.260 e. The van der Waals surface area contributed by atoms with Crippen LogP contribution in [-0.4, -0.2) is 40.2 Å². The number of rotatable bonds is 6. The number of carbonyl (C=O) groups is 1. The second-order valence-corrected chi connectivity index (χ2v) is 8.40. The van der Waals surface area contributed by atoms with Gasteiger partial charge in [0.15, 0.2) is 16.6 Å². The van der Waals surface area contributed by atoms with E-state index in [1.54, 1.807) is 35.6 Å². The molecule has 4 aromatic rings. The van der Waals surface area contributed by atoms with Gasteiger partial charge in [-0.2, -0.15) is 0 Å². The van der Waals surface area contributed by atoms with Crippen molar-refractivity contribution in [3.63, 3.8) is 0 Å². The lowest BCUT2D eigenvalue weighted by molar-refractivity contribution is 0.0985. The predicted octanol–water partition coefficient (Wildman–Crippen LogP) is 4.73. The molecular formula is C23H23ClN4O3S. The van der Waals surface area contributed by atoms with Gasteiger partial charge in [0.05, 0.1) is 16.5 Å². The number of hydrogen-bond acceptors (Lipinski definition) is 6. The molecule has 9 heteroatoms. The number of hydrogen-bond donors (Lipinski definition) is 0. The standard InChI is InChI=1S/C23H22N4O3S.ClH/c1-16-4-2-5-20-21(16)25-23(31-20)27(10-3-9-26-11-8-24-15-26)22(28)17-6-7-18-19(14-17)30-13-12-29-18;/h2,4-8,11,14-15H,3,9-10,12-13H2,1H3;1H. The van der Waals surface area contributed by atoms with Crippen LogP contribution in [0.2, 0.25) is 0 Å². The van der Waals surface area contributed by atoms with Crippen LogP contribution in [0, 0.1) is 6.92 Å². The van der Waals surface area contributed by atoms with Crippen LogP contribution >= 0.6 is 23.7 Å². The maximum atomic E-state index is 13.6. The normalized spacial score (nSPS) is 12.4. The third-order valence-electron chi connectivity index (χ3n) is 5.23. The average molecular weight is 471 g/mol. The topological polar surface area (TPSA) is 69.5 Å². The summed E-state index contributed by atoms with van der Waals surface area (Å²) in [4.78, 5) is 24.2. The lowest BCUT2D eigenvalue weighted by atomic mass is 10.1. The fraction of sp³-hybridized carbons (Fsp3) is 0.261. The fourth-order valence-electron chi connectivity index (χ4n) is 3.64. The van der Waals surface area contributed by atoms with Crippen LogP contribution in [0.4, 0.5) is 5.13 Å². The first-order chi connectivity index (χ1) is 15.2. The minimum absolute atomic E-state index is 0. The zero-order chi connectivity index (χ0) is 21.2. The highest BCUT2D eigenvalue weighted by molar-refractivity contribution is 7.22. The van der Waals surface area contributed by atoms with Crippen LogP contribution in [-0.2, 0) is 6.54 Å². The number of benzene rings is 2. The molecule has 5 rings (SSSR count). The summed E-state index contributed by atoms with van der Waals surface area (Å²) in [5.74, 6) is 1.18. The van der Waals surface area contributed by atoms with Gasteiger partial charge in [0.2, 0.25) is 0 Å². The van der Waals surface area contributed by atoms with Gasteiger partial charge >= 0.3 is 0 Å². The molecule has 0 saturated carbocycles. The second kappa shape index (κ2) is 9.58. The molecule has 0 fully saturated rings. The number of carbonyl (C=O) groups excluding carboxylic acids is 1. The van der Waals surface area contributed by atoms with E-state index in [1.165, 1.54) is 11.3 Å². The highest BCUT2D eigenvalue weighted by atomic mass is 35.5. The van der Waals surface area contributed by atoms with E-state index >= 15 is 0 Å². The SMILES string of the molecule is Cc1cccc2sc(N(CCCn3ccnc3)C(=O)c3ccc4c(c3)OCCO4)nc12.Cl. The van der Waals surface area contributed by atoms with E-state index in [1.807, 2.05) is 35.9 Å². The van der Waals surface area contributed by atoms with Crippen molar-refractivity contribution in [3.8, 4) is 11.5 Å². The number of para-hydroxylation sites is 1. The van der Waals surface area contributed by atoms with Gasteiger partial charge in [-0.25, -0.2) is 9.97 Å². The molecule has 0 saturated heterocycles. The molecule has 0 radical (unpaired) electrons. The molecule has 166 valence electrons. The summed E-state index contributed by atoms with van der Waals surface area (Å²) in [6.07, 6.45) is 6.25. The summed E-state index contributed by atoms with van der Waals surface area (Å²) in [5, 5.41) is 0.704. The highest BCUT2D eigenvalue weighted by Gasteiger charge is 2.23. The summed E-state index contributed by atoms with van der Waals surface area (Å²) in [6, 6.07) is 11.5. The van der Waals surface area contributed by atoms with Crippen molar-refractivity contribution in [2.45, 2.75) is 19.9 Å². The zero-order valence-corrected chi connectivity index (χ0v) is 19.2. The van der Waals surface area contributed by atoms with Crippen LogP contribution in [0.25, 0.3) is 10.2 Å². The third kappa shape index (κ3) is 4.42. The second-order valence-electron chi connectivity index (χ2n) is 7.39. The van der Waals surface area contributed by atoms with Crippen LogP contribution < -0.4 is 14.4 Å². The quantitative estimate of drug-likeness (QED) is 0.407. The number of nitrogens with zero attached hydrogens (tertiary/aromatic N) is 4. The molecule has 0 N–H and O–H groups in total. The number of halogens is 1. The number of fused-ring (bicyclic) bond motifs is 2. The van der Waals surface area contributed by atoms with E-state index in [0.717, 1.165) is 28.7 Å². The van der Waals surface area contributed by atoms with E-state index in [0.29, 0.717) is 42.0 Å². The van der Waals surface area contributed by atoms with Crippen molar-refractivity contribution in [2.75, 3.05) is 24.7 Å². The van der Waals surface area contributed by atoms with Crippen molar-refractivity contribution < 1.29 is 14.3 Å². The molecule has 3 heterocycles. The van der Waals surface area contributed by atoms with E-state index in [4.69, 9.17) is 14.5 Å². The molecule has 7 nitrogen and oxygen atoms in total. The Morgan fingerprint density at radius 2 is 2.03 bits per heavy atom. The van der Waals surface area contributed by atoms with Crippen LogP contribution in [0.15, 0.2) is 55.1 Å². The first-order valence-corrected chi connectivity index (χ1v) is 11.0. The lowest BCUT2D eigenvalue weighted by Crippen LogP contribution is -2.32. The molecular weight excluding hydrogens is 448 g/mol. The largest absolute Gasteiger partial charge is 0.486 e. The van der Waals surface area contributed by atoms with Gasteiger partial charge in [-0.15, -0.1) is 12.4 Å². The molecule has 1 aliphatic rings. The summed E-state index contributed by atoms with van der Waals surface area (Å²) in [5.41, 5.74) is 2.60. The van der Waals surface area contributed by atoms with Gasteiger partial charge in [-0.1, -0.05) is 23.5 Å². The fourth-order valence-corrected chi connectivity index (χ4v) is 4.70. The molecule has 32 heavy (non-hydrogen) atoms. The van der Waals surface area contributed by atoms with Gasteiger partial charge in [-0.05, 0) is 43.2 Å². The van der Waals surface area contributed by atoms with Crippen molar-refractivity contribution >= 4 is 45.0 Å². The first-order valence-electron chi connectivity index (χ1n) is 10.2. The average Bonchev–Trinajstić information content (AvgIpc) is 3.46. The molecule has 0 spiro atoms. The monoisotopic (exact) mass is 470 g/mol. The van der Waals surface area contributed by atoms with Gasteiger partial charge in [0.25, 0.3) is 5.91 Å². The van der Waals surface area contributed by atoms with Gasteiger partial charge in [0, 0.05) is 31.0 Å². The molecule has 2 aromatic heterocycles. The van der Waals surface area contributed by atoms with E-state index in [9.17, 15) is 4.79 Å². The first kappa shape index (κ1) is 22.1. The zero-order valence-electron chi connectivity index (χ0n) is 17.6. The molecule has 0 bridgehead atoms. The summed E-state index contributed by atoms with van der Waals surface area (Å²) >= 11 is 1.54. The molecule has 0 unspecified atom stereocenters. The van der Waals surface area contributed by atoms with E-state index in [-0.39, 0.29) is 18.3 Å². The molecule has 0 aliphatic carbocycles. The van der Waals surface area contributed by atoms with Crippen LogP contribution in [0.3, 0.4) is 0 Å². The van der Waals surface area contributed by atoms with E-state index < -0.39 is 0 Å². The number of aryl methyl sites for hydroxylation is 2. The van der Waals surface area contributed by atoms with Crippen LogP contribution in [0.5, 0.6) is 11.5 Å². The van der Waals surface area contributed by atoms with Crippen molar-refractivity contribution in [1.29, 1.82) is 0 Å². The number of thiazole rings is 1. The van der Waals surface area contributed by atoms with E-state index in [2.05, 4.69) is 4.98 Å². The molecule has 1 amide bonds. The van der Waals surface area contributed by atoms with Crippen molar-refractivity contribution in [2.24, 2.45) is 0 Å². The highest BCUT2D eigenvalue weighted by Crippen LogP contribution is 2.34. The maximum absolute atomic E-state index is 13.6. The Balaban J connectivity index is 0.00000245. The smallest absolute Gasteiger partial charge is 0.260 e. The number of aromatic nitrogens is 3. The van der Waals surface area contributed by atoms with Crippen LogP contribution in [0.1, 0.15) is 22.3 Å². The summed E-state index contributed by atoms with van der Waals surface area (Å²) in [7, 11) is 0. The minimum atomic E-state index is -0.0979. The summed E-state index contributed by atoms with van der Waals surface area (Å²) in [6.45, 7) is 4.36. The number of amides is 1. The predicted molar refractivity (Wildman–Crippen MR) is 128 cm³/mol. The Morgan fingerprint density at radius 1 is 1.19 bits per heavy atom. The Hall–Kier alpha value is -3.10. The Bertz CT molecular complexity index is 1230. The van der Waals surface area contributed by atoms with Gasteiger partial charge in [0.1, 0.15) is 13.2 Å². The summed E-state index contributed by atoms with van der Waals surface area (Å²) < 4.78 is 14.4.